The van der Waals surface area contributed by atoms with Crippen molar-refractivity contribution >= 4 is 46.0 Å². The second-order valence-electron chi connectivity index (χ2n) is 3.55. The molecule has 0 amide bonds. The zero-order valence-corrected chi connectivity index (χ0v) is 11.9. The minimum absolute atomic E-state index is 0.0278. The van der Waals surface area contributed by atoms with Crippen LogP contribution in [-0.2, 0) is 19.1 Å². The molecule has 0 aliphatic carbocycles. The average Bonchev–Trinajstić information content (AvgIpc) is 2.39. The fourth-order valence-electron chi connectivity index (χ4n) is 1.35. The van der Waals surface area contributed by atoms with Gasteiger partial charge in [-0.15, -0.1) is 0 Å². The van der Waals surface area contributed by atoms with E-state index in [-0.39, 0.29) is 12.2 Å². The zero-order chi connectivity index (χ0) is 15.3. The van der Waals surface area contributed by atoms with Crippen molar-refractivity contribution in [2.45, 2.75) is 6.92 Å². The third-order valence-corrected chi connectivity index (χ3v) is 2.66. The Balaban J connectivity index is 3.36. The number of aliphatic hydroxyl groups excluding tert-OH is 1. The number of hydrogen-bond acceptors (Lipinski definition) is 5. The summed E-state index contributed by atoms with van der Waals surface area (Å²) in [5, 5.41) is 9.00. The van der Waals surface area contributed by atoms with Crippen molar-refractivity contribution in [3.63, 3.8) is 0 Å². The molecule has 1 aromatic carbocycles. The maximum Gasteiger partial charge on any atom is 0.346 e. The van der Waals surface area contributed by atoms with Gasteiger partial charge in [0.1, 0.15) is 5.76 Å². The van der Waals surface area contributed by atoms with Crippen LogP contribution in [0.5, 0.6) is 0 Å². The first kappa shape index (κ1) is 16.2. The summed E-state index contributed by atoms with van der Waals surface area (Å²) in [6.07, 6.45) is 0. The van der Waals surface area contributed by atoms with Crippen LogP contribution in [-0.4, -0.2) is 28.7 Å². The number of ether oxygens (including phenoxy) is 1. The highest BCUT2D eigenvalue weighted by molar-refractivity contribution is 6.84. The van der Waals surface area contributed by atoms with Crippen molar-refractivity contribution in [3.05, 3.63) is 40.4 Å². The Labute approximate surface area is 124 Å². The van der Waals surface area contributed by atoms with E-state index in [1.165, 1.54) is 31.2 Å². The van der Waals surface area contributed by atoms with Crippen LogP contribution in [0, 0.1) is 0 Å². The molecule has 0 atom stereocenters. The minimum atomic E-state index is -1.39. The van der Waals surface area contributed by atoms with Gasteiger partial charge in [0, 0.05) is 10.6 Å². The first-order valence-electron chi connectivity index (χ1n) is 5.49. The molecule has 0 unspecified atom stereocenters. The number of Topliss-reactive ketones (excluding diaryl/α,β-unsaturated/α-hetero) is 1. The Morgan fingerprint density at radius 2 is 1.75 bits per heavy atom. The molecule has 0 aliphatic heterocycles. The molecule has 7 heteroatoms. The largest absolute Gasteiger partial charge is 0.506 e. The lowest BCUT2D eigenvalue weighted by atomic mass is 10.1. The standard InChI is InChI=1S/C13H10Cl2O5/c1-2-20-13(19)9(11(17)12(15)18)10(16)7-3-5-8(14)6-4-7/h3-6,16H,2H2,1H3/b10-9-. The van der Waals surface area contributed by atoms with Crippen molar-refractivity contribution < 1.29 is 24.2 Å². The Morgan fingerprint density at radius 1 is 1.20 bits per heavy atom. The highest BCUT2D eigenvalue weighted by atomic mass is 35.5. The van der Waals surface area contributed by atoms with Gasteiger partial charge in [0.05, 0.1) is 6.61 Å². The molecule has 0 radical (unpaired) electrons. The summed E-state index contributed by atoms with van der Waals surface area (Å²) in [4.78, 5) is 34.2. The summed E-state index contributed by atoms with van der Waals surface area (Å²) < 4.78 is 4.63. The molecule has 1 N–H and O–H groups in total. The minimum Gasteiger partial charge on any atom is -0.506 e. The van der Waals surface area contributed by atoms with Crippen LogP contribution in [0.3, 0.4) is 0 Å². The van der Waals surface area contributed by atoms with E-state index >= 15 is 0 Å². The highest BCUT2D eigenvalue weighted by Gasteiger charge is 2.29. The van der Waals surface area contributed by atoms with Crippen LogP contribution >= 0.6 is 23.2 Å². The average molecular weight is 317 g/mol. The Bertz CT molecular complexity index is 575. The summed E-state index contributed by atoms with van der Waals surface area (Å²) in [7, 11) is 0. The van der Waals surface area contributed by atoms with E-state index in [9.17, 15) is 19.5 Å². The van der Waals surface area contributed by atoms with Gasteiger partial charge in [-0.25, -0.2) is 4.79 Å². The van der Waals surface area contributed by atoms with Crippen molar-refractivity contribution in [1.82, 2.24) is 0 Å². The van der Waals surface area contributed by atoms with E-state index in [1.54, 1.807) is 0 Å². The second kappa shape index (κ2) is 7.07. The van der Waals surface area contributed by atoms with Crippen molar-refractivity contribution in [2.24, 2.45) is 0 Å². The van der Waals surface area contributed by atoms with Gasteiger partial charge in [0.15, 0.2) is 5.57 Å². The molecule has 0 bridgehead atoms. The van der Waals surface area contributed by atoms with Crippen molar-refractivity contribution in [3.8, 4) is 0 Å². The first-order valence-corrected chi connectivity index (χ1v) is 6.24. The first-order chi connectivity index (χ1) is 9.38. The fourth-order valence-corrected chi connectivity index (χ4v) is 1.57. The molecular weight excluding hydrogens is 307 g/mol. The van der Waals surface area contributed by atoms with Crippen LogP contribution in [0.15, 0.2) is 29.8 Å². The van der Waals surface area contributed by atoms with Crippen molar-refractivity contribution in [2.75, 3.05) is 6.61 Å². The van der Waals surface area contributed by atoms with Gasteiger partial charge in [0.2, 0.25) is 0 Å². The van der Waals surface area contributed by atoms with Gasteiger partial charge in [-0.05, 0) is 42.8 Å². The molecule has 5 nitrogen and oxygen atoms in total. The quantitative estimate of drug-likeness (QED) is 0.172. The number of halogens is 2. The summed E-state index contributed by atoms with van der Waals surface area (Å²) in [5.74, 6) is -3.16. The molecular formula is C13H10Cl2O5. The predicted octanol–water partition coefficient (Wildman–Crippen LogP) is 2.51. The lowest BCUT2D eigenvalue weighted by Crippen LogP contribution is -2.22. The Morgan fingerprint density at radius 3 is 2.20 bits per heavy atom. The van der Waals surface area contributed by atoms with Crippen LogP contribution in [0.2, 0.25) is 5.02 Å². The molecule has 0 heterocycles. The summed E-state index contributed by atoms with van der Waals surface area (Å²) >= 11 is 10.8. The molecule has 0 saturated heterocycles. The van der Waals surface area contributed by atoms with Gasteiger partial charge in [-0.3, -0.25) is 9.59 Å². The highest BCUT2D eigenvalue weighted by Crippen LogP contribution is 2.20. The monoisotopic (exact) mass is 316 g/mol. The molecule has 106 valence electrons. The Kier molecular flexibility index (Phi) is 5.73. The molecule has 0 aliphatic rings. The molecule has 20 heavy (non-hydrogen) atoms. The fraction of sp³-hybridized carbons (Fsp3) is 0.154. The van der Waals surface area contributed by atoms with E-state index in [0.717, 1.165) is 0 Å². The topological polar surface area (TPSA) is 80.7 Å². The van der Waals surface area contributed by atoms with Gasteiger partial charge in [-0.2, -0.15) is 0 Å². The van der Waals surface area contributed by atoms with Gasteiger partial charge in [-0.1, -0.05) is 11.6 Å². The van der Waals surface area contributed by atoms with E-state index in [2.05, 4.69) is 4.74 Å². The van der Waals surface area contributed by atoms with Gasteiger partial charge in [0.25, 0.3) is 11.0 Å². The molecule has 1 aromatic rings. The van der Waals surface area contributed by atoms with E-state index in [4.69, 9.17) is 23.2 Å². The third kappa shape index (κ3) is 3.82. The third-order valence-electron chi connectivity index (χ3n) is 2.24. The number of aliphatic hydroxyl groups is 1. The number of hydrogen-bond donors (Lipinski definition) is 1. The second-order valence-corrected chi connectivity index (χ2v) is 4.33. The number of carbonyl (C=O) groups is 3. The SMILES string of the molecule is CCOC(=O)/C(C(=O)C(=O)Cl)=C(\O)c1ccc(Cl)cc1. The molecule has 0 fully saturated rings. The Hall–Kier alpha value is -1.85. The summed E-state index contributed by atoms with van der Waals surface area (Å²) in [6.45, 7) is 1.49. The zero-order valence-electron chi connectivity index (χ0n) is 10.4. The normalized spacial score (nSPS) is 11.6. The van der Waals surface area contributed by atoms with Crippen LogP contribution in [0.1, 0.15) is 12.5 Å². The van der Waals surface area contributed by atoms with Gasteiger partial charge >= 0.3 is 5.97 Å². The maximum atomic E-state index is 11.7. The summed E-state index contributed by atoms with van der Waals surface area (Å²) in [5.41, 5.74) is -0.683. The van der Waals surface area contributed by atoms with Gasteiger partial charge < -0.3 is 9.84 Å². The number of carbonyl (C=O) groups excluding carboxylic acids is 3. The number of esters is 1. The molecule has 0 aromatic heterocycles. The molecule has 0 saturated carbocycles. The van der Waals surface area contributed by atoms with Crippen molar-refractivity contribution in [1.29, 1.82) is 0 Å². The molecule has 1 rings (SSSR count). The number of ketones is 1. The number of benzene rings is 1. The van der Waals surface area contributed by atoms with E-state index in [1.807, 2.05) is 0 Å². The lowest BCUT2D eigenvalue weighted by Gasteiger charge is -2.08. The molecule has 0 spiro atoms. The van der Waals surface area contributed by atoms with E-state index in [0.29, 0.717) is 5.02 Å². The maximum absolute atomic E-state index is 11.7. The number of rotatable bonds is 5. The lowest BCUT2D eigenvalue weighted by molar-refractivity contribution is -0.141. The van der Waals surface area contributed by atoms with E-state index < -0.39 is 28.3 Å². The predicted molar refractivity (Wildman–Crippen MR) is 73.5 cm³/mol. The van der Waals surface area contributed by atoms with Crippen LogP contribution in [0.4, 0.5) is 0 Å². The van der Waals surface area contributed by atoms with Crippen LogP contribution < -0.4 is 0 Å². The summed E-state index contributed by atoms with van der Waals surface area (Å²) in [6, 6.07) is 5.65. The van der Waals surface area contributed by atoms with Crippen LogP contribution in [0.25, 0.3) is 5.76 Å². The smallest absolute Gasteiger partial charge is 0.346 e.